The van der Waals surface area contributed by atoms with Crippen LogP contribution in [0.4, 0.5) is 5.69 Å². The van der Waals surface area contributed by atoms with E-state index in [0.29, 0.717) is 5.25 Å². The fourth-order valence-corrected chi connectivity index (χ4v) is 2.06. The van der Waals surface area contributed by atoms with Crippen molar-refractivity contribution in [2.75, 3.05) is 5.73 Å². The number of nitrogen functional groups attached to an aromatic ring is 1. The molecule has 1 aromatic rings. The monoisotopic (exact) mass is 201 g/mol. The van der Waals surface area contributed by atoms with E-state index in [1.807, 2.05) is 18.2 Å². The van der Waals surface area contributed by atoms with Crippen LogP contribution < -0.4 is 5.73 Å². The Bertz CT molecular complexity index is 253. The van der Waals surface area contributed by atoms with Crippen LogP contribution in [0, 0.1) is 0 Å². The van der Waals surface area contributed by atoms with Crippen molar-refractivity contribution >= 4 is 29.1 Å². The second kappa shape index (κ2) is 4.06. The Morgan fingerprint density at radius 1 is 1.42 bits per heavy atom. The van der Waals surface area contributed by atoms with E-state index in [-0.39, 0.29) is 0 Å². The van der Waals surface area contributed by atoms with Crippen LogP contribution in [0.3, 0.4) is 0 Å². The highest BCUT2D eigenvalue weighted by atomic mass is 35.5. The van der Waals surface area contributed by atoms with Gasteiger partial charge in [0.15, 0.2) is 0 Å². The molecule has 0 atom stereocenters. The van der Waals surface area contributed by atoms with Crippen molar-refractivity contribution in [1.29, 1.82) is 0 Å². The summed E-state index contributed by atoms with van der Waals surface area (Å²) < 4.78 is 0. The fraction of sp³-hybridized carbons (Fsp3) is 0.333. The molecule has 0 radical (unpaired) electrons. The summed E-state index contributed by atoms with van der Waals surface area (Å²) in [6, 6.07) is 5.60. The highest BCUT2D eigenvalue weighted by Crippen LogP contribution is 2.34. The van der Waals surface area contributed by atoms with Gasteiger partial charge in [0, 0.05) is 15.8 Å². The Morgan fingerprint density at radius 3 is 2.58 bits per heavy atom. The van der Waals surface area contributed by atoms with Crippen LogP contribution >= 0.6 is 23.4 Å². The third kappa shape index (κ3) is 2.32. The van der Waals surface area contributed by atoms with E-state index in [9.17, 15) is 0 Å². The van der Waals surface area contributed by atoms with Crippen LogP contribution in [0.5, 0.6) is 0 Å². The third-order valence-electron chi connectivity index (χ3n) is 1.35. The Kier molecular flexibility index (Phi) is 3.29. The molecule has 0 aromatic heterocycles. The molecular weight excluding hydrogens is 190 g/mol. The Hall–Kier alpha value is -0.340. The lowest BCUT2D eigenvalue weighted by Gasteiger charge is -2.09. The fourth-order valence-electron chi connectivity index (χ4n) is 0.886. The average molecular weight is 202 g/mol. The number of hydrogen-bond acceptors (Lipinski definition) is 2. The maximum Gasteiger partial charge on any atom is 0.0562 e. The predicted octanol–water partition coefficient (Wildman–Crippen LogP) is 3.42. The number of nitrogens with two attached hydrogens (primary N) is 1. The van der Waals surface area contributed by atoms with E-state index in [0.717, 1.165) is 15.6 Å². The smallest absolute Gasteiger partial charge is 0.0562 e. The molecular formula is C9H12ClNS. The van der Waals surface area contributed by atoms with Gasteiger partial charge in [-0.25, -0.2) is 0 Å². The molecule has 2 N–H and O–H groups in total. The molecule has 0 amide bonds. The van der Waals surface area contributed by atoms with Gasteiger partial charge in [0.2, 0.25) is 0 Å². The van der Waals surface area contributed by atoms with Crippen molar-refractivity contribution in [3.05, 3.63) is 23.2 Å². The van der Waals surface area contributed by atoms with E-state index in [2.05, 4.69) is 13.8 Å². The van der Waals surface area contributed by atoms with Gasteiger partial charge in [0.1, 0.15) is 0 Å². The van der Waals surface area contributed by atoms with Crippen LogP contribution in [0.2, 0.25) is 5.02 Å². The molecule has 66 valence electrons. The van der Waals surface area contributed by atoms with Crippen LogP contribution in [0.1, 0.15) is 13.8 Å². The van der Waals surface area contributed by atoms with Gasteiger partial charge in [-0.15, -0.1) is 11.8 Å². The minimum atomic E-state index is 0.507. The van der Waals surface area contributed by atoms with E-state index in [4.69, 9.17) is 17.3 Å². The number of hydrogen-bond donors (Lipinski definition) is 1. The maximum atomic E-state index is 5.97. The van der Waals surface area contributed by atoms with Crippen LogP contribution in [0.25, 0.3) is 0 Å². The van der Waals surface area contributed by atoms with Gasteiger partial charge in [-0.2, -0.15) is 0 Å². The van der Waals surface area contributed by atoms with E-state index in [1.165, 1.54) is 0 Å². The van der Waals surface area contributed by atoms with Crippen molar-refractivity contribution in [2.45, 2.75) is 24.0 Å². The number of halogens is 1. The second-order valence-corrected chi connectivity index (χ2v) is 4.82. The van der Waals surface area contributed by atoms with Gasteiger partial charge in [-0.3, -0.25) is 0 Å². The molecule has 0 spiro atoms. The molecule has 0 aliphatic rings. The first-order valence-corrected chi connectivity index (χ1v) is 5.07. The molecule has 0 saturated heterocycles. The highest BCUT2D eigenvalue weighted by molar-refractivity contribution is 8.00. The summed E-state index contributed by atoms with van der Waals surface area (Å²) in [5.74, 6) is 0. The van der Waals surface area contributed by atoms with Gasteiger partial charge >= 0.3 is 0 Å². The van der Waals surface area contributed by atoms with E-state index < -0.39 is 0 Å². The zero-order valence-electron chi connectivity index (χ0n) is 7.17. The van der Waals surface area contributed by atoms with E-state index in [1.54, 1.807) is 11.8 Å². The Morgan fingerprint density at radius 2 is 2.08 bits per heavy atom. The number of thioether (sulfide) groups is 1. The molecule has 3 heteroatoms. The van der Waals surface area contributed by atoms with Crippen LogP contribution in [-0.4, -0.2) is 5.25 Å². The molecule has 0 unspecified atom stereocenters. The Balaban J connectivity index is 2.96. The number of rotatable bonds is 2. The summed E-state index contributed by atoms with van der Waals surface area (Å²) in [5.41, 5.74) is 6.53. The largest absolute Gasteiger partial charge is 0.398 e. The van der Waals surface area contributed by atoms with Gasteiger partial charge in [-0.05, 0) is 12.1 Å². The molecule has 12 heavy (non-hydrogen) atoms. The number of anilines is 1. The lowest BCUT2D eigenvalue weighted by molar-refractivity contribution is 1.11. The summed E-state index contributed by atoms with van der Waals surface area (Å²) in [6.07, 6.45) is 0. The topological polar surface area (TPSA) is 26.0 Å². The summed E-state index contributed by atoms with van der Waals surface area (Å²) in [4.78, 5) is 0.995. The summed E-state index contributed by atoms with van der Waals surface area (Å²) >= 11 is 7.67. The molecule has 0 bridgehead atoms. The first kappa shape index (κ1) is 9.75. The SMILES string of the molecule is CC(C)Sc1c(N)cccc1Cl. The lowest BCUT2D eigenvalue weighted by Crippen LogP contribution is -1.92. The molecule has 0 aliphatic heterocycles. The highest BCUT2D eigenvalue weighted by Gasteiger charge is 2.06. The minimum absolute atomic E-state index is 0.507. The molecule has 0 heterocycles. The molecule has 1 rings (SSSR count). The van der Waals surface area contributed by atoms with Crippen molar-refractivity contribution in [3.63, 3.8) is 0 Å². The molecule has 0 saturated carbocycles. The van der Waals surface area contributed by atoms with Gasteiger partial charge in [0.25, 0.3) is 0 Å². The van der Waals surface area contributed by atoms with Gasteiger partial charge in [0.05, 0.1) is 5.02 Å². The minimum Gasteiger partial charge on any atom is -0.398 e. The molecule has 0 aliphatic carbocycles. The van der Waals surface area contributed by atoms with Gasteiger partial charge in [-0.1, -0.05) is 31.5 Å². The average Bonchev–Trinajstić information content (AvgIpc) is 1.97. The molecule has 1 nitrogen and oxygen atoms in total. The third-order valence-corrected chi connectivity index (χ3v) is 2.94. The summed E-state index contributed by atoms with van der Waals surface area (Å²) in [5, 5.41) is 1.25. The Labute approximate surface area is 82.3 Å². The van der Waals surface area contributed by atoms with E-state index >= 15 is 0 Å². The second-order valence-electron chi connectivity index (χ2n) is 2.82. The van der Waals surface area contributed by atoms with Crippen molar-refractivity contribution in [1.82, 2.24) is 0 Å². The number of benzene rings is 1. The zero-order chi connectivity index (χ0) is 9.14. The first-order valence-electron chi connectivity index (χ1n) is 3.82. The standard InChI is InChI=1S/C9H12ClNS/c1-6(2)12-9-7(10)4-3-5-8(9)11/h3-6H,11H2,1-2H3. The lowest BCUT2D eigenvalue weighted by atomic mass is 10.3. The molecule has 1 aromatic carbocycles. The summed E-state index contributed by atoms with van der Waals surface area (Å²) in [6.45, 7) is 4.24. The van der Waals surface area contributed by atoms with Crippen LogP contribution in [-0.2, 0) is 0 Å². The van der Waals surface area contributed by atoms with Crippen molar-refractivity contribution in [2.24, 2.45) is 0 Å². The zero-order valence-corrected chi connectivity index (χ0v) is 8.75. The predicted molar refractivity (Wildman–Crippen MR) is 56.9 cm³/mol. The summed E-state index contributed by atoms with van der Waals surface area (Å²) in [7, 11) is 0. The van der Waals surface area contributed by atoms with Crippen LogP contribution in [0.15, 0.2) is 23.1 Å². The molecule has 0 fully saturated rings. The van der Waals surface area contributed by atoms with Crippen molar-refractivity contribution in [3.8, 4) is 0 Å². The quantitative estimate of drug-likeness (QED) is 0.586. The van der Waals surface area contributed by atoms with Crippen molar-refractivity contribution < 1.29 is 0 Å². The normalized spacial score (nSPS) is 10.7. The maximum absolute atomic E-state index is 5.97. The van der Waals surface area contributed by atoms with Gasteiger partial charge < -0.3 is 5.73 Å². The first-order chi connectivity index (χ1) is 5.61.